The first kappa shape index (κ1) is 8.59. The summed E-state index contributed by atoms with van der Waals surface area (Å²) in [6.45, 7) is 3.37. The van der Waals surface area contributed by atoms with Crippen LogP contribution in [0.5, 0.6) is 0 Å². The van der Waals surface area contributed by atoms with Gasteiger partial charge in [-0.25, -0.2) is 0 Å². The Balaban J connectivity index is 3.72. The second kappa shape index (κ2) is 3.58. The summed E-state index contributed by atoms with van der Waals surface area (Å²) in [6, 6.07) is -0.655. The second-order valence-electron chi connectivity index (χ2n) is 2.21. The number of carbonyl (C=O) groups excluding carboxylic acids is 1. The van der Waals surface area contributed by atoms with Crippen LogP contribution in [0.3, 0.4) is 0 Å². The molecule has 4 N–H and O–H groups in total. The van der Waals surface area contributed by atoms with Crippen LogP contribution in [0.25, 0.3) is 0 Å². The summed E-state index contributed by atoms with van der Waals surface area (Å²) in [5, 5.41) is 0. The summed E-state index contributed by atoms with van der Waals surface area (Å²) < 4.78 is 0. The van der Waals surface area contributed by atoms with Crippen molar-refractivity contribution in [3.63, 3.8) is 0 Å². The van der Waals surface area contributed by atoms with E-state index in [1.165, 1.54) is 6.92 Å². The quantitative estimate of drug-likeness (QED) is 0.548. The van der Waals surface area contributed by atoms with Gasteiger partial charge in [0.05, 0.1) is 6.04 Å². The van der Waals surface area contributed by atoms with Gasteiger partial charge in [-0.3, -0.25) is 4.79 Å². The van der Waals surface area contributed by atoms with Crippen LogP contribution in [0.4, 0.5) is 0 Å². The molecule has 0 amide bonds. The summed E-state index contributed by atoms with van der Waals surface area (Å²) >= 11 is 0. The molecule has 0 radical (unpaired) electrons. The summed E-state index contributed by atoms with van der Waals surface area (Å²) in [5.41, 5.74) is 10.9. The molecule has 3 heteroatoms. The number of rotatable bonds is 3. The Morgan fingerprint density at radius 3 is 2.11 bits per heavy atom. The summed E-state index contributed by atoms with van der Waals surface area (Å²) in [6.07, 6.45) is 0.751. The van der Waals surface area contributed by atoms with Crippen LogP contribution < -0.4 is 11.5 Å². The van der Waals surface area contributed by atoms with E-state index in [-0.39, 0.29) is 11.8 Å². The Hall–Kier alpha value is -0.410. The molecule has 9 heavy (non-hydrogen) atoms. The van der Waals surface area contributed by atoms with Crippen molar-refractivity contribution in [2.75, 3.05) is 0 Å². The molecule has 0 saturated carbocycles. The monoisotopic (exact) mass is 130 g/mol. The van der Waals surface area contributed by atoms with E-state index in [1.54, 1.807) is 0 Å². The van der Waals surface area contributed by atoms with Crippen LogP contribution in [-0.4, -0.2) is 17.9 Å². The maximum atomic E-state index is 10.5. The van der Waals surface area contributed by atoms with E-state index in [4.69, 9.17) is 11.5 Å². The highest BCUT2D eigenvalue weighted by atomic mass is 16.1. The molecule has 0 heterocycles. The van der Waals surface area contributed by atoms with Gasteiger partial charge in [0.25, 0.3) is 0 Å². The Morgan fingerprint density at radius 2 is 2.00 bits per heavy atom. The molecule has 54 valence electrons. The van der Waals surface area contributed by atoms with Crippen molar-refractivity contribution in [1.29, 1.82) is 0 Å². The van der Waals surface area contributed by atoms with Crippen LogP contribution in [0.2, 0.25) is 0 Å². The molecule has 0 bridgehead atoms. The average Bonchev–Trinajstić information content (AvgIpc) is 1.84. The third-order valence-corrected chi connectivity index (χ3v) is 1.40. The molecule has 0 fully saturated rings. The van der Waals surface area contributed by atoms with Crippen molar-refractivity contribution in [2.24, 2.45) is 11.5 Å². The van der Waals surface area contributed by atoms with Gasteiger partial charge in [0, 0.05) is 6.04 Å². The molecule has 0 rings (SSSR count). The van der Waals surface area contributed by atoms with E-state index in [2.05, 4.69) is 0 Å². The zero-order chi connectivity index (χ0) is 7.44. The van der Waals surface area contributed by atoms with Crippen molar-refractivity contribution in [1.82, 2.24) is 0 Å². The minimum absolute atomic E-state index is 0.0376. The molecule has 0 aliphatic carbocycles. The Bertz CT molecular complexity index is 103. The summed E-state index contributed by atoms with van der Waals surface area (Å²) in [4.78, 5) is 10.5. The van der Waals surface area contributed by atoms with E-state index in [0.717, 1.165) is 6.42 Å². The lowest BCUT2D eigenvalue weighted by atomic mass is 10.0. The first-order valence-electron chi connectivity index (χ1n) is 3.11. The molecule has 0 aromatic heterocycles. The van der Waals surface area contributed by atoms with Crippen molar-refractivity contribution in [2.45, 2.75) is 32.4 Å². The Kier molecular flexibility index (Phi) is 3.42. The van der Waals surface area contributed by atoms with Crippen molar-refractivity contribution in [3.05, 3.63) is 0 Å². The highest BCUT2D eigenvalue weighted by molar-refractivity contribution is 5.81. The summed E-state index contributed by atoms with van der Waals surface area (Å²) in [5.74, 6) is -0.0376. The zero-order valence-corrected chi connectivity index (χ0v) is 5.92. The molecule has 0 spiro atoms. The number of hydrogen-bond donors (Lipinski definition) is 2. The van der Waals surface area contributed by atoms with Gasteiger partial charge in [-0.2, -0.15) is 0 Å². The minimum atomic E-state index is -0.477. The standard InChI is InChI=1S/C6H14N2O/c1-3-5(7)6(8)4(2)9/h5-6H,3,7-8H2,1-2H3. The SMILES string of the molecule is CCC(N)C(N)C(C)=O. The van der Waals surface area contributed by atoms with E-state index in [0.29, 0.717) is 0 Å². The topological polar surface area (TPSA) is 69.1 Å². The van der Waals surface area contributed by atoms with Crippen molar-refractivity contribution >= 4 is 5.78 Å². The smallest absolute Gasteiger partial charge is 0.148 e. The maximum absolute atomic E-state index is 10.5. The van der Waals surface area contributed by atoms with E-state index in [9.17, 15) is 4.79 Å². The Morgan fingerprint density at radius 1 is 1.56 bits per heavy atom. The predicted octanol–water partition coefficient (Wildman–Crippen LogP) is -0.360. The minimum Gasteiger partial charge on any atom is -0.326 e. The highest BCUT2D eigenvalue weighted by Crippen LogP contribution is 1.92. The molecular formula is C6H14N2O. The van der Waals surface area contributed by atoms with Gasteiger partial charge >= 0.3 is 0 Å². The molecule has 0 saturated heterocycles. The molecule has 0 aliphatic rings. The van der Waals surface area contributed by atoms with E-state index < -0.39 is 6.04 Å². The molecule has 3 nitrogen and oxygen atoms in total. The largest absolute Gasteiger partial charge is 0.326 e. The first-order chi connectivity index (χ1) is 4.09. The highest BCUT2D eigenvalue weighted by Gasteiger charge is 2.14. The zero-order valence-electron chi connectivity index (χ0n) is 5.92. The fraction of sp³-hybridized carbons (Fsp3) is 0.833. The van der Waals surface area contributed by atoms with Gasteiger partial charge < -0.3 is 11.5 Å². The van der Waals surface area contributed by atoms with Gasteiger partial charge in [-0.1, -0.05) is 6.92 Å². The van der Waals surface area contributed by atoms with Crippen LogP contribution in [0.1, 0.15) is 20.3 Å². The third-order valence-electron chi connectivity index (χ3n) is 1.40. The lowest BCUT2D eigenvalue weighted by Gasteiger charge is -2.13. The number of Topliss-reactive ketones (excluding diaryl/α,β-unsaturated/α-hetero) is 1. The number of carbonyl (C=O) groups is 1. The van der Waals surface area contributed by atoms with Gasteiger partial charge in [0.15, 0.2) is 0 Å². The lowest BCUT2D eigenvalue weighted by Crippen LogP contribution is -2.45. The second-order valence-corrected chi connectivity index (χ2v) is 2.21. The molecule has 0 aromatic rings. The normalized spacial score (nSPS) is 16.9. The van der Waals surface area contributed by atoms with E-state index >= 15 is 0 Å². The van der Waals surface area contributed by atoms with Gasteiger partial charge in [-0.05, 0) is 13.3 Å². The maximum Gasteiger partial charge on any atom is 0.148 e. The average molecular weight is 130 g/mol. The number of ketones is 1. The van der Waals surface area contributed by atoms with Crippen LogP contribution in [0, 0.1) is 0 Å². The van der Waals surface area contributed by atoms with E-state index in [1.807, 2.05) is 6.92 Å². The Labute approximate surface area is 55.4 Å². The number of hydrogen-bond acceptors (Lipinski definition) is 3. The molecule has 0 aliphatic heterocycles. The van der Waals surface area contributed by atoms with Crippen molar-refractivity contribution < 1.29 is 4.79 Å². The van der Waals surface area contributed by atoms with Crippen LogP contribution >= 0.6 is 0 Å². The lowest BCUT2D eigenvalue weighted by molar-refractivity contribution is -0.118. The third kappa shape index (κ3) is 2.58. The summed E-state index contributed by atoms with van der Waals surface area (Å²) in [7, 11) is 0. The predicted molar refractivity (Wildman–Crippen MR) is 36.9 cm³/mol. The molecule has 0 aromatic carbocycles. The van der Waals surface area contributed by atoms with Gasteiger partial charge in [0.2, 0.25) is 0 Å². The van der Waals surface area contributed by atoms with Gasteiger partial charge in [0.1, 0.15) is 5.78 Å². The fourth-order valence-electron chi connectivity index (χ4n) is 0.555. The van der Waals surface area contributed by atoms with Crippen LogP contribution in [0.15, 0.2) is 0 Å². The van der Waals surface area contributed by atoms with Crippen molar-refractivity contribution in [3.8, 4) is 0 Å². The molecule has 2 atom stereocenters. The molecular weight excluding hydrogens is 116 g/mol. The first-order valence-corrected chi connectivity index (χ1v) is 3.11. The molecule has 2 unspecified atom stereocenters. The van der Waals surface area contributed by atoms with Crippen LogP contribution in [-0.2, 0) is 4.79 Å². The fourth-order valence-corrected chi connectivity index (χ4v) is 0.555. The van der Waals surface area contributed by atoms with Gasteiger partial charge in [-0.15, -0.1) is 0 Å². The number of nitrogens with two attached hydrogens (primary N) is 2.